The van der Waals surface area contributed by atoms with Crippen LogP contribution in [0.5, 0.6) is 0 Å². The van der Waals surface area contributed by atoms with Crippen molar-refractivity contribution in [2.24, 2.45) is 0 Å². The SMILES string of the molecule is c1ccc(-c2nc(-c3ccccc3)nc(-c3ccc(-c4cc5c(-c6cccc7ccccc67)nc6ccccc6c5c5nc(-c6ccccc6)c(-c6ccccc6)nc45)cc3)n2)cc1. The Kier molecular flexibility index (Phi) is 9.05. The maximum absolute atomic E-state index is 5.71. The summed E-state index contributed by atoms with van der Waals surface area (Å²) in [6, 6.07) is 75.0. The van der Waals surface area contributed by atoms with Crippen molar-refractivity contribution in [1.29, 1.82) is 0 Å². The Bertz CT molecular complexity index is 3630. The molecule has 3 aromatic heterocycles. The highest BCUT2D eigenvalue weighted by atomic mass is 15.0. The average Bonchev–Trinajstić information content (AvgIpc) is 3.38. The van der Waals surface area contributed by atoms with Crippen LogP contribution in [0, 0.1) is 0 Å². The minimum atomic E-state index is 0.593. The van der Waals surface area contributed by atoms with Gasteiger partial charge in [0.2, 0.25) is 0 Å². The lowest BCUT2D eigenvalue weighted by molar-refractivity contribution is 1.07. The summed E-state index contributed by atoms with van der Waals surface area (Å²) in [5.74, 6) is 1.83. The summed E-state index contributed by atoms with van der Waals surface area (Å²) < 4.78 is 0. The smallest absolute Gasteiger partial charge is 0.164 e. The molecule has 0 N–H and O–H groups in total. The largest absolute Gasteiger partial charge is 0.247 e. The maximum Gasteiger partial charge on any atom is 0.164 e. The molecule has 9 aromatic carbocycles. The molecule has 3 heterocycles. The van der Waals surface area contributed by atoms with Crippen molar-refractivity contribution in [2.45, 2.75) is 0 Å². The lowest BCUT2D eigenvalue weighted by Crippen LogP contribution is -2.01. The van der Waals surface area contributed by atoms with Crippen LogP contribution < -0.4 is 0 Å². The molecule has 0 aliphatic carbocycles. The topological polar surface area (TPSA) is 77.3 Å². The van der Waals surface area contributed by atoms with Crippen molar-refractivity contribution in [2.75, 3.05) is 0 Å². The first-order chi connectivity index (χ1) is 31.7. The molecule has 0 unspecified atom stereocenters. The van der Waals surface area contributed by atoms with Crippen LogP contribution in [0.25, 0.3) is 123 Å². The van der Waals surface area contributed by atoms with Crippen LogP contribution in [0.2, 0.25) is 0 Å². The molecular weight excluding hydrogens is 781 g/mol. The predicted octanol–water partition coefficient (Wildman–Crippen LogP) is 14.3. The van der Waals surface area contributed by atoms with E-state index >= 15 is 0 Å². The van der Waals surface area contributed by atoms with Crippen LogP contribution >= 0.6 is 0 Å². The van der Waals surface area contributed by atoms with Crippen LogP contribution in [-0.4, -0.2) is 29.9 Å². The van der Waals surface area contributed by atoms with Gasteiger partial charge >= 0.3 is 0 Å². The highest BCUT2D eigenvalue weighted by Gasteiger charge is 2.23. The fraction of sp³-hybridized carbons (Fsp3) is 0. The lowest BCUT2D eigenvalue weighted by atomic mass is 9.91. The third kappa shape index (κ3) is 6.53. The number of para-hydroxylation sites is 1. The van der Waals surface area contributed by atoms with E-state index in [1.165, 1.54) is 0 Å². The van der Waals surface area contributed by atoms with Crippen LogP contribution in [0.15, 0.2) is 218 Å². The van der Waals surface area contributed by atoms with Gasteiger partial charge in [-0.1, -0.05) is 206 Å². The van der Waals surface area contributed by atoms with Gasteiger partial charge in [0.25, 0.3) is 0 Å². The number of nitrogens with zero attached hydrogens (tertiary/aromatic N) is 6. The molecule has 298 valence electrons. The van der Waals surface area contributed by atoms with E-state index in [-0.39, 0.29) is 0 Å². The van der Waals surface area contributed by atoms with Crippen molar-refractivity contribution < 1.29 is 0 Å². The van der Waals surface area contributed by atoms with E-state index in [1.54, 1.807) is 0 Å². The van der Waals surface area contributed by atoms with Gasteiger partial charge in [0.1, 0.15) is 0 Å². The Balaban J connectivity index is 1.14. The average molecular weight is 817 g/mol. The predicted molar refractivity (Wildman–Crippen MR) is 261 cm³/mol. The number of benzene rings is 9. The molecule has 6 nitrogen and oxygen atoms in total. The molecule has 12 rings (SSSR count). The van der Waals surface area contributed by atoms with E-state index in [4.69, 9.17) is 29.9 Å². The standard InChI is InChI=1S/C58H36N6/c1-5-19-39(20-6-1)51-52(40-21-7-2-8-22-40)61-55-50-46-29-15-16-31-49(46)59-53(45-30-17-27-37-18-13-14-28-44(37)45)48(50)36-47(54(55)60-51)38-32-34-43(35-33-38)58-63-56(41-23-9-3-10-24-41)62-57(64-58)42-25-11-4-12-26-42/h1-36H. The number of rotatable bonds is 7. The molecule has 12 aromatic rings. The van der Waals surface area contributed by atoms with Gasteiger partial charge in [-0.15, -0.1) is 0 Å². The fourth-order valence-corrected chi connectivity index (χ4v) is 8.82. The van der Waals surface area contributed by atoms with Crippen molar-refractivity contribution in [3.8, 4) is 79.1 Å². The molecule has 0 amide bonds. The Morgan fingerprint density at radius 1 is 0.250 bits per heavy atom. The molecule has 6 heteroatoms. The molecule has 0 saturated carbocycles. The Morgan fingerprint density at radius 2 is 0.703 bits per heavy atom. The third-order valence-corrected chi connectivity index (χ3v) is 11.9. The minimum absolute atomic E-state index is 0.593. The van der Waals surface area contributed by atoms with Crippen LogP contribution in [0.3, 0.4) is 0 Å². The Hall–Kier alpha value is -8.74. The number of hydrogen-bond acceptors (Lipinski definition) is 6. The fourth-order valence-electron chi connectivity index (χ4n) is 8.82. The van der Waals surface area contributed by atoms with Gasteiger partial charge in [0, 0.05) is 55.1 Å². The molecule has 0 aliphatic heterocycles. The number of fused-ring (bicyclic) bond motifs is 6. The summed E-state index contributed by atoms with van der Waals surface area (Å²) in [5.41, 5.74) is 12.7. The molecular formula is C58H36N6. The van der Waals surface area contributed by atoms with E-state index in [1.807, 2.05) is 72.8 Å². The van der Waals surface area contributed by atoms with E-state index < -0.39 is 0 Å². The summed E-state index contributed by atoms with van der Waals surface area (Å²) in [5, 5.41) is 5.33. The zero-order chi connectivity index (χ0) is 42.4. The first-order valence-electron chi connectivity index (χ1n) is 21.4. The van der Waals surface area contributed by atoms with Gasteiger partial charge in [-0.2, -0.15) is 0 Å². The van der Waals surface area contributed by atoms with Gasteiger partial charge in [0.05, 0.1) is 33.6 Å². The second-order valence-corrected chi connectivity index (χ2v) is 15.8. The molecule has 0 spiro atoms. The molecule has 0 fully saturated rings. The molecule has 0 saturated heterocycles. The lowest BCUT2D eigenvalue weighted by Gasteiger charge is -2.18. The van der Waals surface area contributed by atoms with Crippen molar-refractivity contribution in [3.05, 3.63) is 218 Å². The normalized spacial score (nSPS) is 11.4. The van der Waals surface area contributed by atoms with Gasteiger partial charge in [0.15, 0.2) is 17.5 Å². The summed E-state index contributed by atoms with van der Waals surface area (Å²) in [4.78, 5) is 31.8. The van der Waals surface area contributed by atoms with Crippen LogP contribution in [0.4, 0.5) is 0 Å². The summed E-state index contributed by atoms with van der Waals surface area (Å²) in [6.07, 6.45) is 0. The molecule has 0 bridgehead atoms. The van der Waals surface area contributed by atoms with Gasteiger partial charge in [-0.05, 0) is 28.5 Å². The second kappa shape index (κ2) is 15.6. The van der Waals surface area contributed by atoms with Crippen molar-refractivity contribution in [1.82, 2.24) is 29.9 Å². The van der Waals surface area contributed by atoms with Crippen LogP contribution in [-0.2, 0) is 0 Å². The second-order valence-electron chi connectivity index (χ2n) is 15.8. The summed E-state index contributed by atoms with van der Waals surface area (Å²) in [7, 11) is 0. The number of aromatic nitrogens is 6. The summed E-state index contributed by atoms with van der Waals surface area (Å²) >= 11 is 0. The van der Waals surface area contributed by atoms with E-state index in [2.05, 4.69) is 146 Å². The maximum atomic E-state index is 5.71. The van der Waals surface area contributed by atoms with E-state index in [0.29, 0.717) is 17.5 Å². The van der Waals surface area contributed by atoms with Crippen molar-refractivity contribution >= 4 is 43.5 Å². The molecule has 0 atom stereocenters. The molecule has 0 radical (unpaired) electrons. The Morgan fingerprint density at radius 3 is 1.30 bits per heavy atom. The number of hydrogen-bond donors (Lipinski definition) is 0. The zero-order valence-electron chi connectivity index (χ0n) is 34.5. The van der Waals surface area contributed by atoms with Gasteiger partial charge in [-0.3, -0.25) is 0 Å². The van der Waals surface area contributed by atoms with Gasteiger partial charge in [-0.25, -0.2) is 29.9 Å². The number of pyridine rings is 1. The van der Waals surface area contributed by atoms with E-state index in [0.717, 1.165) is 105 Å². The van der Waals surface area contributed by atoms with E-state index in [9.17, 15) is 0 Å². The summed E-state index contributed by atoms with van der Waals surface area (Å²) in [6.45, 7) is 0. The molecule has 0 aliphatic rings. The minimum Gasteiger partial charge on any atom is -0.247 e. The first kappa shape index (κ1) is 37.1. The van der Waals surface area contributed by atoms with Crippen molar-refractivity contribution in [3.63, 3.8) is 0 Å². The quantitative estimate of drug-likeness (QED) is 0.149. The Labute approximate surface area is 369 Å². The highest BCUT2D eigenvalue weighted by Crippen LogP contribution is 2.44. The van der Waals surface area contributed by atoms with Crippen LogP contribution in [0.1, 0.15) is 0 Å². The third-order valence-electron chi connectivity index (χ3n) is 11.9. The zero-order valence-corrected chi connectivity index (χ0v) is 34.5. The molecule has 64 heavy (non-hydrogen) atoms. The highest BCUT2D eigenvalue weighted by molar-refractivity contribution is 6.24. The van der Waals surface area contributed by atoms with Gasteiger partial charge < -0.3 is 0 Å². The first-order valence-corrected chi connectivity index (χ1v) is 21.4. The monoisotopic (exact) mass is 816 g/mol.